The average molecular weight is 878 g/mol. The molecule has 2 aromatic carbocycles. The van der Waals surface area contributed by atoms with Crippen LogP contribution in [0.25, 0.3) is 0 Å². The van der Waals surface area contributed by atoms with Crippen molar-refractivity contribution in [2.75, 3.05) is 59.6 Å². The molecular weight excluding hydrogens is 811 g/mol. The Bertz CT molecular complexity index is 1940. The van der Waals surface area contributed by atoms with Crippen LogP contribution in [-0.2, 0) is 19.0 Å². The molecule has 1 unspecified atom stereocenters. The van der Waals surface area contributed by atoms with Gasteiger partial charge in [0.2, 0.25) is 12.1 Å². The monoisotopic (exact) mass is 877 g/mol. The smallest absolute Gasteiger partial charge is 0.417 e. The Balaban J connectivity index is 1.50. The number of amides is 2. The van der Waals surface area contributed by atoms with E-state index in [1.54, 1.807) is 55.5 Å². The minimum absolute atomic E-state index is 0.00659. The number of fused-ring (bicyclic) bond motifs is 2. The fourth-order valence-electron chi connectivity index (χ4n) is 9.36. The van der Waals surface area contributed by atoms with Crippen molar-refractivity contribution in [3.05, 3.63) is 66.3 Å². The molecular formula is C48H67N3O12. The SMILES string of the molecule is C=CCO[C@@]12Oc3ccc(OC(=O)Nc4ccc(OC)cc4OC)cc3[C@H]3[C@H](CCCCO)[C@@H](CCCCO)C=C(C(=NOC4CCCCO4)C[C@@H]1N(C)C(=O)OCC(C)(C)C)[C@H]32. The second-order valence-electron chi connectivity index (χ2n) is 18.0. The van der Waals surface area contributed by atoms with Crippen LogP contribution in [-0.4, -0.2) is 105 Å². The summed E-state index contributed by atoms with van der Waals surface area (Å²) in [5, 5.41) is 27.5. The molecule has 2 fully saturated rings. The quantitative estimate of drug-likeness (QED) is 0.0697. The zero-order valence-corrected chi connectivity index (χ0v) is 37.8. The number of carbonyl (C=O) groups excluding carboxylic acids is 2. The van der Waals surface area contributed by atoms with Gasteiger partial charge in [0.15, 0.2) is 0 Å². The van der Waals surface area contributed by atoms with Crippen LogP contribution in [0.4, 0.5) is 15.3 Å². The molecule has 4 aliphatic rings. The molecule has 6 rings (SSSR count). The fourth-order valence-corrected chi connectivity index (χ4v) is 9.36. The number of nitrogens with one attached hydrogen (secondary N) is 1. The van der Waals surface area contributed by atoms with Crippen molar-refractivity contribution >= 4 is 23.6 Å². The summed E-state index contributed by atoms with van der Waals surface area (Å²) in [4.78, 5) is 35.4. The van der Waals surface area contributed by atoms with Crippen molar-refractivity contribution in [1.82, 2.24) is 4.90 Å². The van der Waals surface area contributed by atoms with E-state index in [0.717, 1.165) is 49.7 Å². The molecule has 2 amide bonds. The van der Waals surface area contributed by atoms with Gasteiger partial charge in [0.1, 0.15) is 29.0 Å². The van der Waals surface area contributed by atoms with Gasteiger partial charge in [-0.2, -0.15) is 0 Å². The predicted octanol–water partition coefficient (Wildman–Crippen LogP) is 8.59. The highest BCUT2D eigenvalue weighted by Crippen LogP contribution is 2.62. The number of aliphatic hydroxyl groups is 2. The first-order valence-electron chi connectivity index (χ1n) is 22.3. The van der Waals surface area contributed by atoms with E-state index >= 15 is 0 Å². The zero-order chi connectivity index (χ0) is 45.1. The third-order valence-corrected chi connectivity index (χ3v) is 12.3. The maximum atomic E-state index is 14.1. The summed E-state index contributed by atoms with van der Waals surface area (Å²) in [5.41, 5.74) is 2.44. The Morgan fingerprint density at radius 3 is 2.46 bits per heavy atom. The second-order valence-corrected chi connectivity index (χ2v) is 18.0. The second kappa shape index (κ2) is 21.7. The van der Waals surface area contributed by atoms with Gasteiger partial charge in [-0.25, -0.2) is 9.59 Å². The lowest BCUT2D eigenvalue weighted by atomic mass is 9.55. The van der Waals surface area contributed by atoms with Crippen molar-refractivity contribution in [1.29, 1.82) is 0 Å². The predicted molar refractivity (Wildman–Crippen MR) is 237 cm³/mol. The first-order valence-corrected chi connectivity index (χ1v) is 22.3. The van der Waals surface area contributed by atoms with E-state index in [2.05, 4.69) is 18.0 Å². The van der Waals surface area contributed by atoms with Crippen molar-refractivity contribution < 1.29 is 57.8 Å². The van der Waals surface area contributed by atoms with E-state index in [4.69, 9.17) is 43.2 Å². The van der Waals surface area contributed by atoms with Gasteiger partial charge >= 0.3 is 12.2 Å². The number of anilines is 1. The fraction of sp³-hybridized carbons (Fsp3) is 0.604. The van der Waals surface area contributed by atoms with Gasteiger partial charge in [0.05, 0.1) is 51.4 Å². The molecule has 0 aromatic heterocycles. The van der Waals surface area contributed by atoms with Crippen LogP contribution in [0, 0.1) is 23.2 Å². The number of unbranched alkanes of at least 4 members (excludes halogenated alkanes) is 2. The lowest BCUT2D eigenvalue weighted by Crippen LogP contribution is -2.69. The highest BCUT2D eigenvalue weighted by Gasteiger charge is 2.65. The summed E-state index contributed by atoms with van der Waals surface area (Å²) < 4.78 is 42.8. The third-order valence-electron chi connectivity index (χ3n) is 12.3. The van der Waals surface area contributed by atoms with Gasteiger partial charge in [0, 0.05) is 50.7 Å². The highest BCUT2D eigenvalue weighted by atomic mass is 16.8. The molecule has 3 N–H and O–H groups in total. The zero-order valence-electron chi connectivity index (χ0n) is 37.8. The van der Waals surface area contributed by atoms with Crippen molar-refractivity contribution in [3.8, 4) is 23.0 Å². The number of aliphatic hydroxyl groups excluding tert-OH is 2. The third kappa shape index (κ3) is 11.3. The Hall–Kier alpha value is -4.83. The standard InChI is InChI=1S/C48H67N3O12/c1-8-24-60-48-41(51(5)46(55)59-30-47(2,3)4)29-38(50-63-42-17-11-14-25-58-42)35-26-31(15-9-12-22-52)34(16-10-13-23-53)43(44(35)48)36-27-33(19-21-39(36)62-48)61-45(54)49-37-20-18-32(56-6)28-40(37)57-7/h8,18-21,26-28,31,34,41-44,52-53H,1,9-17,22-25,29-30H2,2-7H3,(H,49,54)/t31-,34+,41-,42?,43+,44+,48+/m0/s1. The van der Waals surface area contributed by atoms with E-state index < -0.39 is 36.2 Å². The van der Waals surface area contributed by atoms with Crippen LogP contribution >= 0.6 is 0 Å². The maximum absolute atomic E-state index is 14.1. The summed E-state index contributed by atoms with van der Waals surface area (Å²) in [6, 6.07) is 9.59. The molecule has 346 valence electrons. The molecule has 1 saturated heterocycles. The van der Waals surface area contributed by atoms with Gasteiger partial charge < -0.3 is 53.1 Å². The number of allylic oxidation sites excluding steroid dienone is 1. The van der Waals surface area contributed by atoms with Crippen molar-refractivity contribution in [2.24, 2.45) is 28.3 Å². The molecule has 15 nitrogen and oxygen atoms in total. The van der Waals surface area contributed by atoms with Gasteiger partial charge in [-0.1, -0.05) is 50.9 Å². The minimum Gasteiger partial charge on any atom is -0.497 e. The molecule has 0 bridgehead atoms. The number of hydrogen-bond donors (Lipinski definition) is 3. The van der Waals surface area contributed by atoms with E-state index in [-0.39, 0.29) is 61.8 Å². The van der Waals surface area contributed by atoms with Gasteiger partial charge in [-0.15, -0.1) is 6.58 Å². The summed E-state index contributed by atoms with van der Waals surface area (Å²) in [6.45, 7) is 11.0. The first kappa shape index (κ1) is 47.6. The number of oxime groups is 1. The molecule has 15 heteroatoms. The molecule has 63 heavy (non-hydrogen) atoms. The summed E-state index contributed by atoms with van der Waals surface area (Å²) >= 11 is 0. The normalized spacial score (nSPS) is 25.7. The van der Waals surface area contributed by atoms with Crippen LogP contribution in [0.5, 0.6) is 23.0 Å². The number of hydrogen-bond acceptors (Lipinski definition) is 13. The number of ether oxygens (including phenoxy) is 7. The molecule has 0 radical (unpaired) electrons. The van der Waals surface area contributed by atoms with Crippen LogP contribution in [0.2, 0.25) is 0 Å². The van der Waals surface area contributed by atoms with Crippen LogP contribution in [0.1, 0.15) is 96.5 Å². The number of rotatable bonds is 19. The molecule has 7 atom stereocenters. The van der Waals surface area contributed by atoms with Gasteiger partial charge in [-0.05, 0) is 91.7 Å². The highest BCUT2D eigenvalue weighted by molar-refractivity contribution is 6.03. The largest absolute Gasteiger partial charge is 0.497 e. The molecule has 1 saturated carbocycles. The molecule has 2 aromatic rings. The lowest BCUT2D eigenvalue weighted by molar-refractivity contribution is -0.254. The topological polar surface area (TPSA) is 176 Å². The Morgan fingerprint density at radius 2 is 1.78 bits per heavy atom. The van der Waals surface area contributed by atoms with Crippen molar-refractivity contribution in [2.45, 2.75) is 109 Å². The summed E-state index contributed by atoms with van der Waals surface area (Å²) in [7, 11) is 4.75. The first-order chi connectivity index (χ1) is 30.4. The number of likely N-dealkylation sites (N-methyl/N-ethyl adjacent to an activating group) is 1. The summed E-state index contributed by atoms with van der Waals surface area (Å²) in [5.74, 6) is -0.622. The number of methoxy groups -OCH3 is 2. The van der Waals surface area contributed by atoms with E-state index in [0.29, 0.717) is 54.5 Å². The number of nitrogens with zero attached hydrogens (tertiary/aromatic N) is 2. The maximum Gasteiger partial charge on any atom is 0.417 e. The van der Waals surface area contributed by atoms with Gasteiger partial charge in [0.25, 0.3) is 0 Å². The number of benzene rings is 2. The molecule has 2 aliphatic heterocycles. The average Bonchev–Trinajstić information content (AvgIpc) is 3.28. The number of carbonyl (C=O) groups is 2. The molecule has 2 heterocycles. The van der Waals surface area contributed by atoms with Crippen LogP contribution < -0.4 is 24.3 Å². The Labute approximate surface area is 371 Å². The molecule has 0 spiro atoms. The lowest BCUT2D eigenvalue weighted by Gasteiger charge is -2.59. The van der Waals surface area contributed by atoms with E-state index in [9.17, 15) is 19.8 Å². The van der Waals surface area contributed by atoms with E-state index in [1.807, 2.05) is 26.8 Å². The van der Waals surface area contributed by atoms with Crippen LogP contribution in [0.15, 0.2) is 65.9 Å². The minimum atomic E-state index is -1.47. The van der Waals surface area contributed by atoms with Crippen molar-refractivity contribution in [3.63, 3.8) is 0 Å². The van der Waals surface area contributed by atoms with Crippen LogP contribution in [0.3, 0.4) is 0 Å². The van der Waals surface area contributed by atoms with E-state index in [1.165, 1.54) is 7.11 Å². The molecule has 2 aliphatic carbocycles. The summed E-state index contributed by atoms with van der Waals surface area (Å²) in [6.07, 6.45) is 9.27. The Kier molecular flexibility index (Phi) is 16.4. The van der Waals surface area contributed by atoms with Gasteiger partial charge in [-0.3, -0.25) is 5.32 Å². The Morgan fingerprint density at radius 1 is 1.02 bits per heavy atom.